The molecule has 0 nitrogen and oxygen atoms in total. The van der Waals surface area contributed by atoms with Crippen molar-refractivity contribution in [3.63, 3.8) is 0 Å². The smallest absolute Gasteiger partial charge is 0.00319 e. The molecule has 2 aliphatic rings. The minimum Gasteiger partial charge on any atom is -0.0692 e. The summed E-state index contributed by atoms with van der Waals surface area (Å²) in [5.41, 5.74) is 9.34. The predicted octanol–water partition coefficient (Wildman–Crippen LogP) is 4.20. The predicted molar refractivity (Wildman–Crippen MR) is 89.2 cm³/mol. The molecule has 2 aliphatic carbocycles. The molecule has 3 rings (SSSR count). The van der Waals surface area contributed by atoms with E-state index in [1.807, 2.05) is 0 Å². The van der Waals surface area contributed by atoms with Crippen molar-refractivity contribution in [2.24, 2.45) is 5.92 Å². The Hall–Kier alpha value is -1.30. The van der Waals surface area contributed by atoms with Gasteiger partial charge in [0.15, 0.2) is 0 Å². The molecular weight excluding hydrogens is 240 g/mol. The van der Waals surface area contributed by atoms with Crippen LogP contribution in [0.25, 0.3) is 17.7 Å². The van der Waals surface area contributed by atoms with Crippen LogP contribution in [0.4, 0.5) is 0 Å². The average molecular weight is 266 g/mol. The SMILES string of the molecule is CCC1=Cc2c(c(C)c3c(c2C)=C(C)C(CC)C=3)C1C. The fourth-order valence-electron chi connectivity index (χ4n) is 4.37. The third kappa shape index (κ3) is 1.60. The van der Waals surface area contributed by atoms with Gasteiger partial charge in [0.2, 0.25) is 0 Å². The summed E-state index contributed by atoms with van der Waals surface area (Å²) in [7, 11) is 0. The Morgan fingerprint density at radius 1 is 1.05 bits per heavy atom. The van der Waals surface area contributed by atoms with Crippen LogP contribution in [-0.2, 0) is 0 Å². The Labute approximate surface area is 122 Å². The van der Waals surface area contributed by atoms with Crippen molar-refractivity contribution in [3.05, 3.63) is 38.3 Å². The largest absolute Gasteiger partial charge is 0.0692 e. The van der Waals surface area contributed by atoms with E-state index in [0.29, 0.717) is 11.8 Å². The Morgan fingerprint density at radius 3 is 2.35 bits per heavy atom. The standard InChI is InChI=1S/C20H26/c1-7-15-9-17-13(5)20-12(4)16(8-2)10-18(20)14(6)19(17)11(15)3/h9-11,16H,7-8H2,1-6H3. The summed E-state index contributed by atoms with van der Waals surface area (Å²) < 4.78 is 0. The van der Waals surface area contributed by atoms with E-state index in [1.165, 1.54) is 34.8 Å². The van der Waals surface area contributed by atoms with Gasteiger partial charge in [-0.3, -0.25) is 0 Å². The Bertz CT molecular complexity index is 729. The fraction of sp³-hybridized carbons (Fsp3) is 0.500. The first-order valence-electron chi connectivity index (χ1n) is 8.07. The molecule has 1 aromatic rings. The first-order valence-corrected chi connectivity index (χ1v) is 8.07. The van der Waals surface area contributed by atoms with Crippen LogP contribution < -0.4 is 10.4 Å². The summed E-state index contributed by atoms with van der Waals surface area (Å²) in [6.45, 7) is 14.0. The van der Waals surface area contributed by atoms with Crippen LogP contribution >= 0.6 is 0 Å². The highest BCUT2D eigenvalue weighted by Gasteiger charge is 2.27. The second kappa shape index (κ2) is 4.62. The first kappa shape index (κ1) is 13.7. The lowest BCUT2D eigenvalue weighted by atomic mass is 9.89. The molecule has 0 heterocycles. The van der Waals surface area contributed by atoms with E-state index >= 15 is 0 Å². The van der Waals surface area contributed by atoms with Crippen LogP contribution in [0.15, 0.2) is 5.57 Å². The van der Waals surface area contributed by atoms with Crippen molar-refractivity contribution in [2.75, 3.05) is 0 Å². The Morgan fingerprint density at radius 2 is 1.75 bits per heavy atom. The molecule has 0 fully saturated rings. The summed E-state index contributed by atoms with van der Waals surface area (Å²) in [6.07, 6.45) is 7.37. The molecule has 0 amide bonds. The van der Waals surface area contributed by atoms with Gasteiger partial charge in [-0.25, -0.2) is 0 Å². The maximum absolute atomic E-state index is 2.52. The van der Waals surface area contributed by atoms with Crippen LogP contribution in [0.1, 0.15) is 68.7 Å². The topological polar surface area (TPSA) is 0 Å². The summed E-state index contributed by atoms with van der Waals surface area (Å²) in [5, 5.41) is 3.08. The molecule has 2 unspecified atom stereocenters. The third-order valence-corrected chi connectivity index (χ3v) is 5.63. The van der Waals surface area contributed by atoms with Gasteiger partial charge in [0.1, 0.15) is 0 Å². The zero-order valence-electron chi connectivity index (χ0n) is 13.7. The van der Waals surface area contributed by atoms with E-state index in [2.05, 4.69) is 53.7 Å². The van der Waals surface area contributed by atoms with Gasteiger partial charge in [-0.15, -0.1) is 0 Å². The molecule has 0 saturated heterocycles. The van der Waals surface area contributed by atoms with Crippen LogP contribution in [0.2, 0.25) is 0 Å². The first-order chi connectivity index (χ1) is 9.51. The highest BCUT2D eigenvalue weighted by molar-refractivity contribution is 5.75. The van der Waals surface area contributed by atoms with Crippen molar-refractivity contribution in [3.8, 4) is 0 Å². The Balaban J connectivity index is 2.41. The summed E-state index contributed by atoms with van der Waals surface area (Å²) in [6, 6.07) is 0. The van der Waals surface area contributed by atoms with Gasteiger partial charge < -0.3 is 0 Å². The molecule has 0 heteroatoms. The van der Waals surface area contributed by atoms with Crippen LogP contribution in [0, 0.1) is 19.8 Å². The monoisotopic (exact) mass is 266 g/mol. The highest BCUT2D eigenvalue weighted by atomic mass is 14.3. The zero-order valence-corrected chi connectivity index (χ0v) is 13.7. The molecule has 0 aliphatic heterocycles. The lowest BCUT2D eigenvalue weighted by molar-refractivity contribution is 0.830. The number of hydrogen-bond acceptors (Lipinski definition) is 0. The van der Waals surface area contributed by atoms with Gasteiger partial charge >= 0.3 is 0 Å². The van der Waals surface area contributed by atoms with Crippen LogP contribution in [0.5, 0.6) is 0 Å². The second-order valence-electron chi connectivity index (χ2n) is 6.52. The van der Waals surface area contributed by atoms with E-state index in [4.69, 9.17) is 0 Å². The average Bonchev–Trinajstić information content (AvgIpc) is 2.94. The molecule has 106 valence electrons. The maximum Gasteiger partial charge on any atom is 0.00319 e. The lowest BCUT2D eigenvalue weighted by Gasteiger charge is -2.15. The van der Waals surface area contributed by atoms with Crippen molar-refractivity contribution in [1.82, 2.24) is 0 Å². The van der Waals surface area contributed by atoms with E-state index in [1.54, 1.807) is 21.9 Å². The van der Waals surface area contributed by atoms with Gasteiger partial charge in [0.25, 0.3) is 0 Å². The van der Waals surface area contributed by atoms with E-state index in [0.717, 1.165) is 0 Å². The van der Waals surface area contributed by atoms with Gasteiger partial charge in [0, 0.05) is 5.92 Å². The molecule has 0 saturated carbocycles. The quantitative estimate of drug-likeness (QED) is 0.752. The number of hydrogen-bond donors (Lipinski definition) is 0. The molecule has 0 spiro atoms. The lowest BCUT2D eigenvalue weighted by Crippen LogP contribution is -2.31. The zero-order chi connectivity index (χ0) is 14.6. The van der Waals surface area contributed by atoms with Gasteiger partial charge in [-0.2, -0.15) is 0 Å². The van der Waals surface area contributed by atoms with Crippen molar-refractivity contribution < 1.29 is 0 Å². The Kier molecular flexibility index (Phi) is 3.16. The van der Waals surface area contributed by atoms with Crippen LogP contribution in [0.3, 0.4) is 0 Å². The minimum absolute atomic E-state index is 0.605. The summed E-state index contributed by atoms with van der Waals surface area (Å²) in [4.78, 5) is 0. The highest BCUT2D eigenvalue weighted by Crippen LogP contribution is 2.39. The summed E-state index contributed by atoms with van der Waals surface area (Å²) >= 11 is 0. The molecule has 0 aromatic heterocycles. The molecular formula is C20H26. The second-order valence-corrected chi connectivity index (χ2v) is 6.52. The van der Waals surface area contributed by atoms with Crippen molar-refractivity contribution >= 4 is 17.7 Å². The number of benzene rings is 1. The normalized spacial score (nSPS) is 23.5. The number of rotatable bonds is 2. The molecule has 0 N–H and O–H groups in total. The summed E-state index contributed by atoms with van der Waals surface area (Å²) in [5.74, 6) is 1.25. The maximum atomic E-state index is 2.52. The third-order valence-electron chi connectivity index (χ3n) is 5.63. The molecule has 1 aromatic carbocycles. The molecule has 0 bridgehead atoms. The van der Waals surface area contributed by atoms with E-state index in [9.17, 15) is 0 Å². The van der Waals surface area contributed by atoms with E-state index in [-0.39, 0.29) is 0 Å². The molecule has 20 heavy (non-hydrogen) atoms. The van der Waals surface area contributed by atoms with Gasteiger partial charge in [-0.1, -0.05) is 44.1 Å². The number of fused-ring (bicyclic) bond motifs is 2. The number of allylic oxidation sites excluding steroid dienone is 1. The van der Waals surface area contributed by atoms with E-state index < -0.39 is 0 Å². The fourth-order valence-corrected chi connectivity index (χ4v) is 4.37. The minimum atomic E-state index is 0.605. The van der Waals surface area contributed by atoms with Crippen molar-refractivity contribution in [2.45, 2.75) is 60.3 Å². The van der Waals surface area contributed by atoms with Crippen LogP contribution in [-0.4, -0.2) is 0 Å². The van der Waals surface area contributed by atoms with Crippen molar-refractivity contribution in [1.29, 1.82) is 0 Å². The molecule has 2 atom stereocenters. The van der Waals surface area contributed by atoms with Gasteiger partial charge in [0.05, 0.1) is 0 Å². The molecule has 0 radical (unpaired) electrons. The van der Waals surface area contributed by atoms with Gasteiger partial charge in [-0.05, 0) is 72.2 Å².